The topological polar surface area (TPSA) is 42.7 Å². The largest absolute Gasteiger partial charge is 0.337 e. The Morgan fingerprint density at radius 2 is 2.29 bits per heavy atom. The minimum atomic E-state index is 0.249. The minimum absolute atomic E-state index is 0.249. The summed E-state index contributed by atoms with van der Waals surface area (Å²) in [5.74, 6) is 1.54. The van der Waals surface area contributed by atoms with Gasteiger partial charge in [-0.15, -0.1) is 0 Å². The summed E-state index contributed by atoms with van der Waals surface area (Å²) in [6.07, 6.45) is 10.5. The number of nitrogens with one attached hydrogen (secondary N) is 1. The van der Waals surface area contributed by atoms with Crippen LogP contribution in [0.1, 0.15) is 55.2 Å². The Hall–Kier alpha value is -1.68. The van der Waals surface area contributed by atoms with Crippen LogP contribution in [0.3, 0.4) is 0 Å². The summed E-state index contributed by atoms with van der Waals surface area (Å²) in [6, 6.07) is 4.53. The second kappa shape index (κ2) is 6.39. The molecule has 0 radical (unpaired) electrons. The number of fused-ring (bicyclic) bond motifs is 1. The Balaban J connectivity index is 1.96. The third kappa shape index (κ3) is 2.86. The number of nitrogens with zero attached hydrogens (tertiary/aromatic N) is 3. The molecule has 0 aromatic carbocycles. The zero-order chi connectivity index (χ0) is 14.7. The van der Waals surface area contributed by atoms with Crippen LogP contribution in [0.25, 0.3) is 0 Å². The molecule has 1 aliphatic rings. The highest BCUT2D eigenvalue weighted by atomic mass is 15.1. The van der Waals surface area contributed by atoms with Gasteiger partial charge in [0, 0.05) is 37.3 Å². The van der Waals surface area contributed by atoms with Gasteiger partial charge in [-0.3, -0.25) is 4.98 Å². The van der Waals surface area contributed by atoms with Crippen molar-refractivity contribution in [3.63, 3.8) is 0 Å². The summed E-state index contributed by atoms with van der Waals surface area (Å²) in [7, 11) is 2.07. The van der Waals surface area contributed by atoms with E-state index in [1.165, 1.54) is 24.1 Å². The van der Waals surface area contributed by atoms with Crippen LogP contribution in [0.4, 0.5) is 0 Å². The third-order valence-electron chi connectivity index (χ3n) is 4.39. The smallest absolute Gasteiger partial charge is 0.126 e. The van der Waals surface area contributed by atoms with Crippen molar-refractivity contribution in [1.29, 1.82) is 0 Å². The Kier molecular flexibility index (Phi) is 4.34. The molecule has 0 amide bonds. The van der Waals surface area contributed by atoms with Gasteiger partial charge in [0.1, 0.15) is 5.82 Å². The lowest BCUT2D eigenvalue weighted by Gasteiger charge is -2.31. The molecule has 1 N–H and O–H groups in total. The van der Waals surface area contributed by atoms with Gasteiger partial charge in [0.05, 0.1) is 6.04 Å². The van der Waals surface area contributed by atoms with Crippen molar-refractivity contribution in [1.82, 2.24) is 19.9 Å². The first-order valence-corrected chi connectivity index (χ1v) is 7.95. The summed E-state index contributed by atoms with van der Waals surface area (Å²) in [5, 5.41) is 3.70. The molecular weight excluding hydrogens is 260 g/mol. The first-order chi connectivity index (χ1) is 10.3. The van der Waals surface area contributed by atoms with E-state index >= 15 is 0 Å². The van der Waals surface area contributed by atoms with E-state index in [9.17, 15) is 0 Å². The molecule has 0 bridgehead atoms. The Morgan fingerprint density at radius 3 is 3.05 bits per heavy atom. The number of rotatable bonds is 5. The SMILES string of the molecule is CCCNC(c1nccn1C)C1CCCc2cccnc21. The van der Waals surface area contributed by atoms with E-state index in [-0.39, 0.29) is 6.04 Å². The standard InChI is InChI=1S/C17H24N4/c1-3-9-18-16(17-20-11-12-21(17)2)14-8-4-6-13-7-5-10-19-15(13)14/h5,7,10-12,14,16,18H,3-4,6,8-9H2,1-2H3. The molecule has 21 heavy (non-hydrogen) atoms. The summed E-state index contributed by atoms with van der Waals surface area (Å²) >= 11 is 0. The molecule has 2 atom stereocenters. The molecule has 112 valence electrons. The molecule has 1 aliphatic carbocycles. The van der Waals surface area contributed by atoms with Crippen LogP contribution in [0.15, 0.2) is 30.7 Å². The lowest BCUT2D eigenvalue weighted by Crippen LogP contribution is -2.32. The molecule has 0 saturated heterocycles. The van der Waals surface area contributed by atoms with Gasteiger partial charge in [-0.05, 0) is 43.9 Å². The van der Waals surface area contributed by atoms with Crippen molar-refractivity contribution >= 4 is 0 Å². The number of aromatic nitrogens is 3. The molecule has 3 rings (SSSR count). The predicted octanol–water partition coefficient (Wildman–Crippen LogP) is 2.98. The fourth-order valence-electron chi connectivity index (χ4n) is 3.36. The van der Waals surface area contributed by atoms with Crippen LogP contribution in [-0.2, 0) is 13.5 Å². The first-order valence-electron chi connectivity index (χ1n) is 7.95. The highest BCUT2D eigenvalue weighted by Gasteiger charge is 2.31. The zero-order valence-electron chi connectivity index (χ0n) is 12.9. The normalized spacial score (nSPS) is 19.2. The van der Waals surface area contributed by atoms with E-state index in [0.29, 0.717) is 5.92 Å². The number of pyridine rings is 1. The van der Waals surface area contributed by atoms with E-state index in [0.717, 1.165) is 25.2 Å². The van der Waals surface area contributed by atoms with E-state index in [1.54, 1.807) is 0 Å². The average molecular weight is 284 g/mol. The van der Waals surface area contributed by atoms with Crippen LogP contribution < -0.4 is 5.32 Å². The molecule has 0 spiro atoms. The maximum atomic E-state index is 4.69. The van der Waals surface area contributed by atoms with Gasteiger partial charge in [0.15, 0.2) is 0 Å². The molecular formula is C17H24N4. The molecule has 2 aromatic heterocycles. The van der Waals surface area contributed by atoms with Crippen molar-refractivity contribution in [2.24, 2.45) is 7.05 Å². The van der Waals surface area contributed by atoms with Crippen molar-refractivity contribution < 1.29 is 0 Å². The van der Waals surface area contributed by atoms with Crippen LogP contribution in [-0.4, -0.2) is 21.1 Å². The van der Waals surface area contributed by atoms with Gasteiger partial charge in [-0.1, -0.05) is 13.0 Å². The van der Waals surface area contributed by atoms with Gasteiger partial charge in [0.25, 0.3) is 0 Å². The fourth-order valence-corrected chi connectivity index (χ4v) is 3.36. The Bertz CT molecular complexity index is 590. The van der Waals surface area contributed by atoms with Crippen LogP contribution in [0, 0.1) is 0 Å². The Labute approximate surface area is 126 Å². The number of hydrogen-bond donors (Lipinski definition) is 1. The van der Waals surface area contributed by atoms with E-state index in [4.69, 9.17) is 4.98 Å². The summed E-state index contributed by atoms with van der Waals surface area (Å²) in [5.41, 5.74) is 2.67. The van der Waals surface area contributed by atoms with E-state index in [1.807, 2.05) is 18.6 Å². The highest BCUT2D eigenvalue weighted by Crippen LogP contribution is 2.38. The number of hydrogen-bond acceptors (Lipinski definition) is 3. The number of aryl methyl sites for hydroxylation is 2. The maximum absolute atomic E-state index is 4.69. The van der Waals surface area contributed by atoms with Gasteiger partial charge < -0.3 is 9.88 Å². The summed E-state index contributed by atoms with van der Waals surface area (Å²) in [6.45, 7) is 3.21. The van der Waals surface area contributed by atoms with Gasteiger partial charge in [0.2, 0.25) is 0 Å². The molecule has 4 heteroatoms. The Morgan fingerprint density at radius 1 is 1.38 bits per heavy atom. The van der Waals surface area contributed by atoms with Crippen LogP contribution in [0.5, 0.6) is 0 Å². The van der Waals surface area contributed by atoms with Gasteiger partial charge in [-0.25, -0.2) is 4.98 Å². The molecule has 2 aromatic rings. The van der Waals surface area contributed by atoms with Crippen molar-refractivity contribution in [3.05, 3.63) is 47.8 Å². The van der Waals surface area contributed by atoms with Crippen molar-refractivity contribution in [3.8, 4) is 0 Å². The molecule has 0 aliphatic heterocycles. The molecule has 0 saturated carbocycles. The van der Waals surface area contributed by atoms with E-state index in [2.05, 4.69) is 41.0 Å². The molecule has 4 nitrogen and oxygen atoms in total. The zero-order valence-corrected chi connectivity index (χ0v) is 12.9. The highest BCUT2D eigenvalue weighted by molar-refractivity contribution is 5.28. The lowest BCUT2D eigenvalue weighted by atomic mass is 9.81. The molecule has 0 fully saturated rings. The number of imidazole rings is 1. The van der Waals surface area contributed by atoms with Gasteiger partial charge in [-0.2, -0.15) is 0 Å². The van der Waals surface area contributed by atoms with E-state index < -0.39 is 0 Å². The molecule has 2 unspecified atom stereocenters. The maximum Gasteiger partial charge on any atom is 0.126 e. The fraction of sp³-hybridized carbons (Fsp3) is 0.529. The second-order valence-corrected chi connectivity index (χ2v) is 5.87. The van der Waals surface area contributed by atoms with Crippen molar-refractivity contribution in [2.45, 2.75) is 44.6 Å². The van der Waals surface area contributed by atoms with Crippen LogP contribution in [0.2, 0.25) is 0 Å². The summed E-state index contributed by atoms with van der Waals surface area (Å²) < 4.78 is 2.13. The molecule has 2 heterocycles. The third-order valence-corrected chi connectivity index (χ3v) is 4.39. The quantitative estimate of drug-likeness (QED) is 0.918. The summed E-state index contributed by atoms with van der Waals surface area (Å²) in [4.78, 5) is 9.28. The second-order valence-electron chi connectivity index (χ2n) is 5.87. The predicted molar refractivity (Wildman–Crippen MR) is 84.2 cm³/mol. The first kappa shape index (κ1) is 14.3. The van der Waals surface area contributed by atoms with Crippen molar-refractivity contribution in [2.75, 3.05) is 6.54 Å². The average Bonchev–Trinajstić information content (AvgIpc) is 2.94. The van der Waals surface area contributed by atoms with Crippen LogP contribution >= 0.6 is 0 Å². The lowest BCUT2D eigenvalue weighted by molar-refractivity contribution is 0.374. The minimum Gasteiger partial charge on any atom is -0.337 e. The van der Waals surface area contributed by atoms with Gasteiger partial charge >= 0.3 is 0 Å². The monoisotopic (exact) mass is 284 g/mol.